The first kappa shape index (κ1) is 18.0. The molecule has 2 unspecified atom stereocenters. The molecule has 7 heteroatoms. The summed E-state index contributed by atoms with van der Waals surface area (Å²) < 4.78 is 31.1. The molecule has 0 aromatic heterocycles. The molecule has 1 aliphatic rings. The lowest BCUT2D eigenvalue weighted by molar-refractivity contribution is -0.121. The summed E-state index contributed by atoms with van der Waals surface area (Å²) >= 11 is 0. The van der Waals surface area contributed by atoms with E-state index in [0.29, 0.717) is 12.1 Å². The fraction of sp³-hybridized carbons (Fsp3) is 0.263. The van der Waals surface area contributed by atoms with Gasteiger partial charge in [0.25, 0.3) is 0 Å². The molecule has 1 fully saturated rings. The molecule has 1 saturated heterocycles. The van der Waals surface area contributed by atoms with E-state index in [1.807, 2.05) is 6.92 Å². The molecule has 1 N–H and O–H groups in total. The number of ether oxygens (including phenoxy) is 1. The summed E-state index contributed by atoms with van der Waals surface area (Å²) in [6, 6.07) is 10.5. The molecule has 0 saturated carbocycles. The molecule has 0 spiro atoms. The highest BCUT2D eigenvalue weighted by atomic mass is 19.1. The zero-order valence-electron chi connectivity index (χ0n) is 14.1. The van der Waals surface area contributed by atoms with Crippen molar-refractivity contribution >= 4 is 17.6 Å². The van der Waals surface area contributed by atoms with Crippen LogP contribution in [-0.2, 0) is 9.53 Å². The molecule has 1 amide bonds. The second kappa shape index (κ2) is 7.61. The maximum Gasteiger partial charge on any atom is 0.338 e. The Kier molecular flexibility index (Phi) is 5.27. The predicted molar refractivity (Wildman–Crippen MR) is 91.3 cm³/mol. The van der Waals surface area contributed by atoms with E-state index in [2.05, 4.69) is 5.43 Å². The van der Waals surface area contributed by atoms with Crippen LogP contribution in [0, 0.1) is 17.6 Å². The van der Waals surface area contributed by atoms with Crippen molar-refractivity contribution < 1.29 is 23.1 Å². The van der Waals surface area contributed by atoms with Crippen LogP contribution in [0.1, 0.15) is 23.7 Å². The Labute approximate surface area is 149 Å². The molecule has 26 heavy (non-hydrogen) atoms. The van der Waals surface area contributed by atoms with Crippen LogP contribution in [0.25, 0.3) is 0 Å². The SMILES string of the molecule is CC1NN(c2ccc(F)cc2)C(=O)C1CCOC(=O)c1ccc(F)cc1. The van der Waals surface area contributed by atoms with Gasteiger partial charge in [-0.25, -0.2) is 24.0 Å². The number of nitrogens with one attached hydrogen (secondary N) is 1. The fourth-order valence-corrected chi connectivity index (χ4v) is 2.85. The van der Waals surface area contributed by atoms with Crippen LogP contribution in [0.2, 0.25) is 0 Å². The number of carbonyl (C=O) groups excluding carboxylic acids is 2. The normalized spacial score (nSPS) is 19.7. The molecule has 2 aromatic carbocycles. The second-order valence-electron chi connectivity index (χ2n) is 6.11. The van der Waals surface area contributed by atoms with E-state index in [1.165, 1.54) is 53.5 Å². The topological polar surface area (TPSA) is 58.6 Å². The van der Waals surface area contributed by atoms with E-state index in [4.69, 9.17) is 4.74 Å². The number of nitrogens with zero attached hydrogens (tertiary/aromatic N) is 1. The molecule has 0 bridgehead atoms. The van der Waals surface area contributed by atoms with Crippen LogP contribution in [0.3, 0.4) is 0 Å². The van der Waals surface area contributed by atoms with Gasteiger partial charge in [0.2, 0.25) is 5.91 Å². The number of amides is 1. The Bertz CT molecular complexity index is 793. The smallest absolute Gasteiger partial charge is 0.338 e. The lowest BCUT2D eigenvalue weighted by Crippen LogP contribution is -2.36. The van der Waals surface area contributed by atoms with E-state index < -0.39 is 11.8 Å². The molecule has 1 heterocycles. The molecule has 3 rings (SSSR count). The summed E-state index contributed by atoms with van der Waals surface area (Å²) in [5.41, 5.74) is 3.85. The first-order valence-corrected chi connectivity index (χ1v) is 8.24. The number of rotatable bonds is 5. The zero-order chi connectivity index (χ0) is 18.7. The van der Waals surface area contributed by atoms with Gasteiger partial charge in [0.05, 0.1) is 23.8 Å². The number of benzene rings is 2. The van der Waals surface area contributed by atoms with Crippen LogP contribution in [-0.4, -0.2) is 24.5 Å². The summed E-state index contributed by atoms with van der Waals surface area (Å²) in [6.45, 7) is 1.92. The van der Waals surface area contributed by atoms with Crippen molar-refractivity contribution in [3.05, 3.63) is 65.7 Å². The molecular formula is C19H18F2N2O3. The average molecular weight is 360 g/mol. The molecule has 2 aromatic rings. The van der Waals surface area contributed by atoms with Gasteiger partial charge in [0.15, 0.2) is 0 Å². The van der Waals surface area contributed by atoms with Gasteiger partial charge < -0.3 is 4.74 Å². The number of hydrazine groups is 1. The van der Waals surface area contributed by atoms with Crippen LogP contribution in [0.15, 0.2) is 48.5 Å². The predicted octanol–water partition coefficient (Wildman–Crippen LogP) is 3.07. The molecular weight excluding hydrogens is 342 g/mol. The maximum absolute atomic E-state index is 13.0. The van der Waals surface area contributed by atoms with Crippen LogP contribution >= 0.6 is 0 Å². The third-order valence-electron chi connectivity index (χ3n) is 4.30. The number of anilines is 1. The van der Waals surface area contributed by atoms with Crippen molar-refractivity contribution in [1.29, 1.82) is 0 Å². The third kappa shape index (κ3) is 3.88. The Morgan fingerprint density at radius 3 is 2.27 bits per heavy atom. The number of halogens is 2. The third-order valence-corrected chi connectivity index (χ3v) is 4.30. The molecule has 136 valence electrons. The van der Waals surface area contributed by atoms with Crippen molar-refractivity contribution in [2.75, 3.05) is 11.6 Å². The summed E-state index contributed by atoms with van der Waals surface area (Å²) in [4.78, 5) is 24.5. The lowest BCUT2D eigenvalue weighted by Gasteiger charge is -2.16. The first-order chi connectivity index (χ1) is 12.5. The minimum Gasteiger partial charge on any atom is -0.462 e. The largest absolute Gasteiger partial charge is 0.462 e. The van der Waals surface area contributed by atoms with Crippen molar-refractivity contribution in [3.8, 4) is 0 Å². The minimum absolute atomic E-state index is 0.0654. The summed E-state index contributed by atoms with van der Waals surface area (Å²) in [6.07, 6.45) is 0.345. The Morgan fingerprint density at radius 1 is 1.08 bits per heavy atom. The highest BCUT2D eigenvalue weighted by Crippen LogP contribution is 2.25. The van der Waals surface area contributed by atoms with E-state index in [1.54, 1.807) is 0 Å². The number of esters is 1. The second-order valence-corrected chi connectivity index (χ2v) is 6.11. The fourth-order valence-electron chi connectivity index (χ4n) is 2.85. The van der Waals surface area contributed by atoms with Crippen LogP contribution in [0.5, 0.6) is 0 Å². The highest BCUT2D eigenvalue weighted by molar-refractivity contribution is 5.96. The number of hydrogen-bond acceptors (Lipinski definition) is 4. The van der Waals surface area contributed by atoms with Crippen molar-refractivity contribution in [3.63, 3.8) is 0 Å². The Hall–Kier alpha value is -2.80. The minimum atomic E-state index is -0.563. The Balaban J connectivity index is 1.56. The lowest BCUT2D eigenvalue weighted by atomic mass is 9.99. The molecule has 2 atom stereocenters. The van der Waals surface area contributed by atoms with Gasteiger partial charge >= 0.3 is 5.97 Å². The van der Waals surface area contributed by atoms with Crippen LogP contribution in [0.4, 0.5) is 14.5 Å². The maximum atomic E-state index is 13.0. The molecule has 0 aliphatic carbocycles. The van der Waals surface area contributed by atoms with Gasteiger partial charge in [0, 0.05) is 6.04 Å². The van der Waals surface area contributed by atoms with E-state index in [-0.39, 0.29) is 35.9 Å². The van der Waals surface area contributed by atoms with Crippen molar-refractivity contribution in [2.24, 2.45) is 5.92 Å². The van der Waals surface area contributed by atoms with Gasteiger partial charge in [-0.05, 0) is 61.9 Å². The van der Waals surface area contributed by atoms with E-state index >= 15 is 0 Å². The Morgan fingerprint density at radius 2 is 1.65 bits per heavy atom. The molecule has 0 radical (unpaired) electrons. The zero-order valence-corrected chi connectivity index (χ0v) is 14.1. The standard InChI is InChI=1S/C19H18F2N2O3/c1-12-17(10-11-26-19(25)13-2-4-14(20)5-3-13)18(24)23(22-12)16-8-6-15(21)7-9-16/h2-9,12,17,22H,10-11H2,1H3. The summed E-state index contributed by atoms with van der Waals surface area (Å²) in [5, 5.41) is 1.39. The van der Waals surface area contributed by atoms with Crippen LogP contribution < -0.4 is 10.4 Å². The number of hydrogen-bond donors (Lipinski definition) is 1. The number of carbonyl (C=O) groups is 2. The average Bonchev–Trinajstić information content (AvgIpc) is 2.91. The van der Waals surface area contributed by atoms with Gasteiger partial charge in [-0.2, -0.15) is 0 Å². The summed E-state index contributed by atoms with van der Waals surface area (Å²) in [7, 11) is 0. The summed E-state index contributed by atoms with van der Waals surface area (Å²) in [5.74, 6) is -1.91. The van der Waals surface area contributed by atoms with Gasteiger partial charge in [-0.1, -0.05) is 0 Å². The van der Waals surface area contributed by atoms with E-state index in [9.17, 15) is 18.4 Å². The van der Waals surface area contributed by atoms with E-state index in [0.717, 1.165) is 0 Å². The highest BCUT2D eigenvalue weighted by Gasteiger charge is 2.38. The monoisotopic (exact) mass is 360 g/mol. The first-order valence-electron chi connectivity index (χ1n) is 8.24. The van der Waals surface area contributed by atoms with Gasteiger partial charge in [-0.15, -0.1) is 0 Å². The quantitative estimate of drug-likeness (QED) is 0.833. The molecule has 1 aliphatic heterocycles. The van der Waals surface area contributed by atoms with Crippen molar-refractivity contribution in [2.45, 2.75) is 19.4 Å². The van der Waals surface area contributed by atoms with Gasteiger partial charge in [0.1, 0.15) is 11.6 Å². The molecule has 5 nitrogen and oxygen atoms in total. The van der Waals surface area contributed by atoms with Gasteiger partial charge in [-0.3, -0.25) is 4.79 Å². The van der Waals surface area contributed by atoms with Crippen molar-refractivity contribution in [1.82, 2.24) is 5.43 Å².